The molecule has 0 bridgehead atoms. The topological polar surface area (TPSA) is 62.1 Å². The van der Waals surface area contributed by atoms with Crippen LogP contribution in [0, 0.1) is 11.3 Å². The van der Waals surface area contributed by atoms with Crippen molar-refractivity contribution in [1.29, 1.82) is 5.26 Å². The maximum atomic E-state index is 11.2. The fourth-order valence-electron chi connectivity index (χ4n) is 1.81. The highest BCUT2D eigenvalue weighted by Gasteiger charge is 2.17. The van der Waals surface area contributed by atoms with Gasteiger partial charge in [0.15, 0.2) is 0 Å². The van der Waals surface area contributed by atoms with E-state index in [1.54, 1.807) is 0 Å². The number of amides is 1. The second-order valence-electron chi connectivity index (χ2n) is 3.76. The van der Waals surface area contributed by atoms with E-state index in [1.165, 1.54) is 0 Å². The summed E-state index contributed by atoms with van der Waals surface area (Å²) in [6.07, 6.45) is 0.783. The zero-order valence-corrected chi connectivity index (χ0v) is 10.7. The zero-order valence-electron chi connectivity index (χ0n) is 9.12. The Balaban J connectivity index is 2.11. The highest BCUT2D eigenvalue weighted by atomic mass is 79.9. The van der Waals surface area contributed by atoms with Crippen LogP contribution in [0.2, 0.25) is 0 Å². The quantitative estimate of drug-likeness (QED) is 0.926. The predicted octanol–water partition coefficient (Wildman–Crippen LogP) is 1.91. The van der Waals surface area contributed by atoms with Gasteiger partial charge in [-0.1, -0.05) is 15.9 Å². The second-order valence-corrected chi connectivity index (χ2v) is 4.68. The van der Waals surface area contributed by atoms with Crippen LogP contribution in [0.3, 0.4) is 0 Å². The fourth-order valence-corrected chi connectivity index (χ4v) is 2.36. The van der Waals surface area contributed by atoms with E-state index in [2.05, 4.69) is 21.2 Å². The van der Waals surface area contributed by atoms with E-state index in [4.69, 9.17) is 10.00 Å². The molecule has 0 unspecified atom stereocenters. The van der Waals surface area contributed by atoms with Gasteiger partial charge < -0.3 is 10.1 Å². The number of nitrogens with one attached hydrogen (secondary N) is 1. The van der Waals surface area contributed by atoms with Crippen LogP contribution >= 0.6 is 15.9 Å². The molecule has 1 amide bonds. The summed E-state index contributed by atoms with van der Waals surface area (Å²) >= 11 is 3.43. The molecule has 0 saturated heterocycles. The minimum Gasteiger partial charge on any atom is -0.493 e. The van der Waals surface area contributed by atoms with Gasteiger partial charge >= 0.3 is 0 Å². The number of hydrogen-bond donors (Lipinski definition) is 1. The first-order valence-electron chi connectivity index (χ1n) is 5.28. The smallest absolute Gasteiger partial charge is 0.234 e. The van der Waals surface area contributed by atoms with Crippen molar-refractivity contribution in [2.75, 3.05) is 6.61 Å². The Morgan fingerprint density at radius 2 is 2.41 bits per heavy atom. The number of halogens is 1. The molecular weight excluding hydrogens is 284 g/mol. The summed E-state index contributed by atoms with van der Waals surface area (Å²) in [5.41, 5.74) is 2.10. The number of nitriles is 1. The lowest BCUT2D eigenvalue weighted by molar-refractivity contribution is -0.120. The number of benzene rings is 1. The Bertz CT molecular complexity index is 494. The molecule has 0 saturated carbocycles. The summed E-state index contributed by atoms with van der Waals surface area (Å²) in [7, 11) is 0. The van der Waals surface area contributed by atoms with Crippen molar-refractivity contribution >= 4 is 21.8 Å². The summed E-state index contributed by atoms with van der Waals surface area (Å²) in [5, 5.41) is 11.1. The summed E-state index contributed by atoms with van der Waals surface area (Å²) in [6, 6.07) is 5.77. The molecule has 1 aromatic carbocycles. The molecule has 1 aliphatic heterocycles. The molecule has 2 rings (SSSR count). The van der Waals surface area contributed by atoms with Crippen molar-refractivity contribution in [3.8, 4) is 11.8 Å². The van der Waals surface area contributed by atoms with E-state index in [1.807, 2.05) is 18.2 Å². The Morgan fingerprint density at radius 1 is 1.59 bits per heavy atom. The standard InChI is InChI=1S/C12H11BrN2O2/c13-10-5-8-2-4-17-12(8)9(6-10)7-15-11(16)1-3-14/h5-6H,1-2,4,7H2,(H,15,16). The number of hydrogen-bond acceptors (Lipinski definition) is 3. The highest BCUT2D eigenvalue weighted by molar-refractivity contribution is 9.10. The van der Waals surface area contributed by atoms with Gasteiger partial charge in [0.25, 0.3) is 0 Å². The number of ether oxygens (including phenoxy) is 1. The third-order valence-corrected chi connectivity index (χ3v) is 3.00. The first kappa shape index (κ1) is 11.9. The Hall–Kier alpha value is -1.54. The van der Waals surface area contributed by atoms with Gasteiger partial charge in [0.2, 0.25) is 5.91 Å². The first-order valence-corrected chi connectivity index (χ1v) is 6.07. The number of nitrogens with zero attached hydrogens (tertiary/aromatic N) is 1. The maximum Gasteiger partial charge on any atom is 0.234 e. The third-order valence-electron chi connectivity index (χ3n) is 2.54. The molecule has 0 atom stereocenters. The van der Waals surface area contributed by atoms with E-state index in [9.17, 15) is 4.79 Å². The number of carbonyl (C=O) groups excluding carboxylic acids is 1. The monoisotopic (exact) mass is 294 g/mol. The van der Waals surface area contributed by atoms with Gasteiger partial charge in [-0.3, -0.25) is 4.79 Å². The summed E-state index contributed by atoms with van der Waals surface area (Å²) in [5.74, 6) is 0.602. The predicted molar refractivity (Wildman–Crippen MR) is 65.4 cm³/mol. The van der Waals surface area contributed by atoms with Crippen molar-refractivity contribution in [3.05, 3.63) is 27.7 Å². The molecule has 0 radical (unpaired) electrons. The Morgan fingerprint density at radius 3 is 3.18 bits per heavy atom. The largest absolute Gasteiger partial charge is 0.493 e. The fraction of sp³-hybridized carbons (Fsp3) is 0.333. The minimum atomic E-state index is -0.265. The average molecular weight is 295 g/mol. The van der Waals surface area contributed by atoms with Crippen LogP contribution in [-0.2, 0) is 17.8 Å². The first-order chi connectivity index (χ1) is 8.20. The van der Waals surface area contributed by atoms with Crippen molar-refractivity contribution < 1.29 is 9.53 Å². The molecule has 0 fully saturated rings. The molecular formula is C12H11BrN2O2. The Labute approximate surface area is 108 Å². The maximum absolute atomic E-state index is 11.2. The number of carbonyl (C=O) groups is 1. The van der Waals surface area contributed by atoms with E-state index in [0.29, 0.717) is 13.2 Å². The number of fused-ring (bicyclic) bond motifs is 1. The molecule has 0 spiro atoms. The molecule has 5 heteroatoms. The Kier molecular flexibility index (Phi) is 3.64. The van der Waals surface area contributed by atoms with E-state index < -0.39 is 0 Å². The average Bonchev–Trinajstić information content (AvgIpc) is 2.74. The minimum absolute atomic E-state index is 0.114. The molecule has 4 nitrogen and oxygen atoms in total. The number of rotatable bonds is 3. The van der Waals surface area contributed by atoms with Crippen molar-refractivity contribution in [3.63, 3.8) is 0 Å². The van der Waals surface area contributed by atoms with Crippen LogP contribution < -0.4 is 10.1 Å². The van der Waals surface area contributed by atoms with Crippen LogP contribution in [0.1, 0.15) is 17.5 Å². The van der Waals surface area contributed by atoms with Crippen molar-refractivity contribution in [1.82, 2.24) is 5.32 Å². The van der Waals surface area contributed by atoms with Gasteiger partial charge in [-0.15, -0.1) is 0 Å². The van der Waals surface area contributed by atoms with E-state index in [0.717, 1.165) is 27.8 Å². The van der Waals surface area contributed by atoms with Crippen LogP contribution in [0.4, 0.5) is 0 Å². The second kappa shape index (κ2) is 5.19. The molecule has 1 N–H and O–H groups in total. The molecule has 88 valence electrons. The summed E-state index contributed by atoms with van der Waals surface area (Å²) in [6.45, 7) is 1.08. The molecule has 1 heterocycles. The lowest BCUT2D eigenvalue weighted by atomic mass is 10.1. The van der Waals surface area contributed by atoms with Crippen LogP contribution in [0.15, 0.2) is 16.6 Å². The van der Waals surface area contributed by atoms with Crippen LogP contribution in [0.25, 0.3) is 0 Å². The normalized spacial score (nSPS) is 12.5. The molecule has 17 heavy (non-hydrogen) atoms. The lowest BCUT2D eigenvalue weighted by Gasteiger charge is -2.09. The van der Waals surface area contributed by atoms with Crippen LogP contribution in [-0.4, -0.2) is 12.5 Å². The van der Waals surface area contributed by atoms with Gasteiger partial charge in [-0.05, 0) is 17.7 Å². The van der Waals surface area contributed by atoms with Gasteiger partial charge in [-0.2, -0.15) is 5.26 Å². The van der Waals surface area contributed by atoms with Gasteiger partial charge in [0.1, 0.15) is 12.2 Å². The van der Waals surface area contributed by atoms with E-state index >= 15 is 0 Å². The van der Waals surface area contributed by atoms with Crippen molar-refractivity contribution in [2.24, 2.45) is 0 Å². The summed E-state index contributed by atoms with van der Waals surface area (Å²) in [4.78, 5) is 11.2. The van der Waals surface area contributed by atoms with Gasteiger partial charge in [0, 0.05) is 23.0 Å². The molecule has 0 aliphatic carbocycles. The third kappa shape index (κ3) is 2.77. The van der Waals surface area contributed by atoms with Crippen molar-refractivity contribution in [2.45, 2.75) is 19.4 Å². The molecule has 1 aliphatic rings. The van der Waals surface area contributed by atoms with Crippen LogP contribution in [0.5, 0.6) is 5.75 Å². The molecule has 0 aromatic heterocycles. The highest BCUT2D eigenvalue weighted by Crippen LogP contribution is 2.32. The zero-order chi connectivity index (χ0) is 12.3. The van der Waals surface area contributed by atoms with Gasteiger partial charge in [0.05, 0.1) is 12.7 Å². The lowest BCUT2D eigenvalue weighted by Crippen LogP contribution is -2.22. The molecule has 1 aromatic rings. The SMILES string of the molecule is N#CCC(=O)NCc1cc(Br)cc2c1OCC2. The van der Waals surface area contributed by atoms with E-state index in [-0.39, 0.29) is 12.3 Å². The summed E-state index contributed by atoms with van der Waals surface area (Å²) < 4.78 is 6.52. The van der Waals surface area contributed by atoms with Gasteiger partial charge in [-0.25, -0.2) is 0 Å².